The van der Waals surface area contributed by atoms with E-state index in [1.165, 1.54) is 17.1 Å². The molecule has 0 fully saturated rings. The van der Waals surface area contributed by atoms with Crippen LogP contribution < -0.4 is 0 Å². The van der Waals surface area contributed by atoms with Crippen LogP contribution in [0.4, 0.5) is 0 Å². The molecule has 0 radical (unpaired) electrons. The highest BCUT2D eigenvalue weighted by atomic mass is 35.5. The zero-order valence-corrected chi connectivity index (χ0v) is 11.0. The molecule has 1 aromatic carbocycles. The summed E-state index contributed by atoms with van der Waals surface area (Å²) in [6.45, 7) is 0. The third-order valence-electron chi connectivity index (χ3n) is 2.16. The molecule has 0 heterocycles. The van der Waals surface area contributed by atoms with Crippen molar-refractivity contribution < 1.29 is 9.90 Å². The molecule has 5 heteroatoms. The molecule has 0 aromatic heterocycles. The van der Waals surface area contributed by atoms with Gasteiger partial charge in [-0.15, -0.1) is 0 Å². The molecule has 1 amide bonds. The number of hydrogen-bond acceptors (Lipinski definition) is 2. The normalized spacial score (nSPS) is 12.8. The van der Waals surface area contributed by atoms with Gasteiger partial charge in [0.05, 0.1) is 0 Å². The summed E-state index contributed by atoms with van der Waals surface area (Å²) in [5.74, 6) is -0.216. The molecule has 3 nitrogen and oxygen atoms in total. The van der Waals surface area contributed by atoms with Gasteiger partial charge in [0, 0.05) is 35.8 Å². The summed E-state index contributed by atoms with van der Waals surface area (Å²) >= 11 is 11.9. The molecule has 1 rings (SSSR count). The molecule has 0 spiro atoms. The van der Waals surface area contributed by atoms with Crippen LogP contribution in [0.1, 0.15) is 11.7 Å². The lowest BCUT2D eigenvalue weighted by Crippen LogP contribution is -2.19. The first-order valence-electron chi connectivity index (χ1n) is 4.95. The van der Waals surface area contributed by atoms with Gasteiger partial charge in [-0.1, -0.05) is 29.3 Å². The predicted molar refractivity (Wildman–Crippen MR) is 69.3 cm³/mol. The molecule has 92 valence electrons. The van der Waals surface area contributed by atoms with E-state index in [-0.39, 0.29) is 5.91 Å². The number of carbonyl (C=O) groups excluding carboxylic acids is 1. The van der Waals surface area contributed by atoms with E-state index in [2.05, 4.69) is 0 Å². The number of hydrogen-bond donors (Lipinski definition) is 1. The van der Waals surface area contributed by atoms with Crippen molar-refractivity contribution in [3.05, 3.63) is 46.0 Å². The van der Waals surface area contributed by atoms with Crippen molar-refractivity contribution >= 4 is 29.1 Å². The molecule has 0 aliphatic heterocycles. The smallest absolute Gasteiger partial charge is 0.245 e. The van der Waals surface area contributed by atoms with Crippen LogP contribution in [0.2, 0.25) is 10.0 Å². The van der Waals surface area contributed by atoms with Gasteiger partial charge in [0.1, 0.15) is 6.10 Å². The third-order valence-corrected chi connectivity index (χ3v) is 2.82. The lowest BCUT2D eigenvalue weighted by Gasteiger charge is -2.11. The van der Waals surface area contributed by atoms with Crippen molar-refractivity contribution in [3.8, 4) is 0 Å². The van der Waals surface area contributed by atoms with Gasteiger partial charge >= 0.3 is 0 Å². The molecule has 17 heavy (non-hydrogen) atoms. The van der Waals surface area contributed by atoms with Crippen molar-refractivity contribution in [2.45, 2.75) is 6.10 Å². The van der Waals surface area contributed by atoms with E-state index in [0.717, 1.165) is 0 Å². The van der Waals surface area contributed by atoms with E-state index in [9.17, 15) is 9.90 Å². The Balaban J connectivity index is 2.91. The number of nitrogens with zero attached hydrogens (tertiary/aromatic N) is 1. The summed E-state index contributed by atoms with van der Waals surface area (Å²) in [6, 6.07) is 4.96. The fourth-order valence-corrected chi connectivity index (χ4v) is 1.83. The minimum absolute atomic E-state index is 0.216. The second-order valence-electron chi connectivity index (χ2n) is 3.67. The van der Waals surface area contributed by atoms with Gasteiger partial charge in [-0.2, -0.15) is 0 Å². The summed E-state index contributed by atoms with van der Waals surface area (Å²) in [4.78, 5) is 12.7. The molecule has 1 aromatic rings. The number of halogens is 2. The molecular weight excluding hydrogens is 261 g/mol. The maximum Gasteiger partial charge on any atom is 0.245 e. The Hall–Kier alpha value is -1.03. The van der Waals surface area contributed by atoms with Crippen LogP contribution in [0.25, 0.3) is 0 Å². The largest absolute Gasteiger partial charge is 0.384 e. The zero-order chi connectivity index (χ0) is 13.0. The van der Waals surface area contributed by atoms with Crippen LogP contribution in [-0.4, -0.2) is 30.0 Å². The highest BCUT2D eigenvalue weighted by molar-refractivity contribution is 6.36. The highest BCUT2D eigenvalue weighted by Gasteiger charge is 2.13. The molecule has 0 saturated carbocycles. The molecule has 0 aliphatic rings. The summed E-state index contributed by atoms with van der Waals surface area (Å²) in [5.41, 5.74) is 0.402. The molecule has 1 atom stereocenters. The van der Waals surface area contributed by atoms with Crippen molar-refractivity contribution in [2.24, 2.45) is 0 Å². The Bertz CT molecular complexity index is 424. The first-order valence-corrected chi connectivity index (χ1v) is 5.70. The van der Waals surface area contributed by atoms with Crippen molar-refractivity contribution in [1.82, 2.24) is 4.90 Å². The zero-order valence-electron chi connectivity index (χ0n) is 9.52. The van der Waals surface area contributed by atoms with Gasteiger partial charge in [0.2, 0.25) is 5.91 Å². The predicted octanol–water partition coefficient (Wildman–Crippen LogP) is 2.67. The minimum Gasteiger partial charge on any atom is -0.384 e. The number of benzene rings is 1. The van der Waals surface area contributed by atoms with Gasteiger partial charge in [-0.3, -0.25) is 4.79 Å². The second kappa shape index (κ2) is 6.05. The Morgan fingerprint density at radius 1 is 1.35 bits per heavy atom. The first kappa shape index (κ1) is 14.0. The van der Waals surface area contributed by atoms with Crippen molar-refractivity contribution in [1.29, 1.82) is 0 Å². The Labute approximate surface area is 110 Å². The maximum absolute atomic E-state index is 11.3. The number of aliphatic hydroxyl groups is 1. The van der Waals surface area contributed by atoms with E-state index in [1.807, 2.05) is 0 Å². The third kappa shape index (κ3) is 3.73. The molecule has 0 bridgehead atoms. The Kier molecular flexibility index (Phi) is 5.00. The topological polar surface area (TPSA) is 40.5 Å². The average molecular weight is 274 g/mol. The van der Waals surface area contributed by atoms with Crippen LogP contribution in [-0.2, 0) is 4.79 Å². The van der Waals surface area contributed by atoms with Crippen LogP contribution in [0.3, 0.4) is 0 Å². The number of aliphatic hydroxyl groups excluding tert-OH is 1. The summed E-state index contributed by atoms with van der Waals surface area (Å²) in [7, 11) is 3.25. The van der Waals surface area contributed by atoms with E-state index < -0.39 is 6.10 Å². The van der Waals surface area contributed by atoms with Gasteiger partial charge in [-0.05, 0) is 18.2 Å². The van der Waals surface area contributed by atoms with Crippen molar-refractivity contribution in [2.75, 3.05) is 14.1 Å². The van der Waals surface area contributed by atoms with Crippen LogP contribution in [0, 0.1) is 0 Å². The molecule has 1 N–H and O–H groups in total. The van der Waals surface area contributed by atoms with Crippen molar-refractivity contribution in [3.63, 3.8) is 0 Å². The second-order valence-corrected chi connectivity index (χ2v) is 4.49. The monoisotopic (exact) mass is 273 g/mol. The fourth-order valence-electron chi connectivity index (χ4n) is 1.21. The average Bonchev–Trinajstić information content (AvgIpc) is 2.25. The van der Waals surface area contributed by atoms with Gasteiger partial charge in [0.25, 0.3) is 0 Å². The highest BCUT2D eigenvalue weighted by Crippen LogP contribution is 2.30. The van der Waals surface area contributed by atoms with E-state index in [0.29, 0.717) is 15.6 Å². The number of likely N-dealkylation sites (N-methyl/N-ethyl adjacent to an activating group) is 1. The lowest BCUT2D eigenvalue weighted by molar-refractivity contribution is -0.123. The summed E-state index contributed by atoms with van der Waals surface area (Å²) in [5, 5.41) is 10.6. The SMILES string of the molecule is CN(C)C(=O)/C=C/C(O)c1c(Cl)cccc1Cl. The van der Waals surface area contributed by atoms with E-state index in [1.54, 1.807) is 32.3 Å². The summed E-state index contributed by atoms with van der Waals surface area (Å²) in [6.07, 6.45) is 1.64. The Morgan fingerprint density at radius 2 is 1.88 bits per heavy atom. The van der Waals surface area contributed by atoms with E-state index in [4.69, 9.17) is 23.2 Å². The maximum atomic E-state index is 11.3. The van der Waals surface area contributed by atoms with Crippen LogP contribution in [0.5, 0.6) is 0 Å². The quantitative estimate of drug-likeness (QED) is 0.861. The summed E-state index contributed by atoms with van der Waals surface area (Å²) < 4.78 is 0. The lowest BCUT2D eigenvalue weighted by atomic mass is 10.1. The molecule has 0 saturated heterocycles. The van der Waals surface area contributed by atoms with E-state index >= 15 is 0 Å². The van der Waals surface area contributed by atoms with Gasteiger partial charge in [0.15, 0.2) is 0 Å². The Morgan fingerprint density at radius 3 is 2.35 bits per heavy atom. The van der Waals surface area contributed by atoms with Gasteiger partial charge < -0.3 is 10.0 Å². The van der Waals surface area contributed by atoms with Crippen LogP contribution >= 0.6 is 23.2 Å². The molecular formula is C12H13Cl2NO2. The fraction of sp³-hybridized carbons (Fsp3) is 0.250. The molecule has 1 unspecified atom stereocenters. The minimum atomic E-state index is -1.000. The molecule has 0 aliphatic carbocycles. The standard InChI is InChI=1S/C12H13Cl2NO2/c1-15(2)11(17)7-6-10(16)12-8(13)4-3-5-9(12)14/h3-7,10,16H,1-2H3/b7-6+. The number of carbonyl (C=O) groups is 1. The van der Waals surface area contributed by atoms with Gasteiger partial charge in [-0.25, -0.2) is 0 Å². The number of rotatable bonds is 3. The number of amides is 1. The van der Waals surface area contributed by atoms with Crippen LogP contribution in [0.15, 0.2) is 30.4 Å². The first-order chi connectivity index (χ1) is 7.93.